The van der Waals surface area contributed by atoms with Crippen molar-refractivity contribution in [2.45, 2.75) is 109 Å². The van der Waals surface area contributed by atoms with Crippen LogP contribution in [0.4, 0.5) is 0 Å². The Morgan fingerprint density at radius 2 is 1.62 bits per heavy atom. The van der Waals surface area contributed by atoms with E-state index in [1.807, 2.05) is 13.0 Å². The molecule has 1 N–H and O–H groups in total. The third-order valence-corrected chi connectivity index (χ3v) is 21.9. The lowest BCUT2D eigenvalue weighted by Gasteiger charge is -2.38. The summed E-state index contributed by atoms with van der Waals surface area (Å²) in [5.74, 6) is 0.446. The SMILES string of the molecule is Cc1ccc(S(=O)(=O)n2cc3c4c2C(=O)C(N[C@H](CO[Si](C)(C)C(C)(C)C)Cc2ccc(O[Si](C)(C)C(C)(C)C)c(Br)c2)=CC4=NCC3)cc1. The summed E-state index contributed by atoms with van der Waals surface area (Å²) >= 11 is 3.77. The molecule has 0 unspecified atom stereocenters. The molecule has 0 saturated carbocycles. The molecular formula is C38H52BrN3O5SSi2. The number of hydrogen-bond acceptors (Lipinski definition) is 7. The van der Waals surface area contributed by atoms with Crippen molar-refractivity contribution in [1.29, 1.82) is 0 Å². The standard InChI is InChI=1S/C38H52BrN3O5SSi2/c1-25-12-15-29(16-13-25)48(44,45)42-23-27-18-19-40-31-22-32(36(43)35(42)34(27)31)41-28(24-46-49(8,9)37(2,3)4)20-26-14-17-33(30(39)21-26)47-50(10,11)38(5,6)7/h12-17,21-23,28,41H,18-20,24H2,1-11H3/t28-/m0/s1. The number of Topliss-reactive ketones (excluding diaryl/α,β-unsaturated/α-hetero) is 1. The quantitative estimate of drug-likeness (QED) is 0.195. The molecule has 0 fully saturated rings. The van der Waals surface area contributed by atoms with Crippen molar-refractivity contribution in [1.82, 2.24) is 9.29 Å². The number of rotatable bonds is 11. The van der Waals surface area contributed by atoms with Crippen LogP contribution in [0.3, 0.4) is 0 Å². The lowest BCUT2D eigenvalue weighted by molar-refractivity contribution is 0.101. The molecule has 270 valence electrons. The summed E-state index contributed by atoms with van der Waals surface area (Å²) < 4.78 is 43.4. The van der Waals surface area contributed by atoms with Crippen molar-refractivity contribution in [2.24, 2.45) is 4.99 Å². The first-order valence-electron chi connectivity index (χ1n) is 17.3. The molecule has 5 rings (SSSR count). The fraction of sp³-hybridized carbons (Fsp3) is 0.474. The lowest BCUT2D eigenvalue weighted by Crippen LogP contribution is -2.46. The monoisotopic (exact) mass is 797 g/mol. The molecule has 0 amide bonds. The summed E-state index contributed by atoms with van der Waals surface area (Å²) in [5.41, 5.74) is 4.48. The summed E-state index contributed by atoms with van der Waals surface area (Å²) in [6.45, 7) is 25.0. The molecule has 12 heteroatoms. The zero-order chi connectivity index (χ0) is 37.0. The zero-order valence-corrected chi connectivity index (χ0v) is 35.7. The molecule has 0 saturated heterocycles. The Kier molecular flexibility index (Phi) is 10.5. The van der Waals surface area contributed by atoms with Gasteiger partial charge in [0.25, 0.3) is 18.3 Å². The first-order chi connectivity index (χ1) is 23.0. The van der Waals surface area contributed by atoms with Crippen molar-refractivity contribution >= 4 is 54.1 Å². The van der Waals surface area contributed by atoms with Crippen LogP contribution in [-0.4, -0.2) is 59.7 Å². The van der Waals surface area contributed by atoms with E-state index in [0.717, 1.165) is 26.9 Å². The molecule has 8 nitrogen and oxygen atoms in total. The number of aliphatic imine (C=N–C) groups is 1. The Balaban J connectivity index is 1.49. The van der Waals surface area contributed by atoms with Gasteiger partial charge in [-0.2, -0.15) is 0 Å². The number of carbonyl (C=O) groups is 1. The average Bonchev–Trinajstić information content (AvgIpc) is 3.41. The van der Waals surface area contributed by atoms with Gasteiger partial charge in [0.05, 0.1) is 33.4 Å². The van der Waals surface area contributed by atoms with Gasteiger partial charge < -0.3 is 14.2 Å². The molecule has 1 aromatic heterocycles. The molecule has 2 aromatic carbocycles. The third-order valence-electron chi connectivity index (χ3n) is 10.8. The first kappa shape index (κ1) is 38.5. The largest absolute Gasteiger partial charge is 0.543 e. The average molecular weight is 799 g/mol. The van der Waals surface area contributed by atoms with Crippen molar-refractivity contribution in [3.05, 3.63) is 92.9 Å². The fourth-order valence-corrected chi connectivity index (χ4v) is 9.66. The van der Waals surface area contributed by atoms with Gasteiger partial charge in [0.1, 0.15) is 11.4 Å². The number of halogens is 1. The van der Waals surface area contributed by atoms with E-state index >= 15 is 0 Å². The molecule has 2 heterocycles. The highest BCUT2D eigenvalue weighted by atomic mass is 79.9. The van der Waals surface area contributed by atoms with Crippen LogP contribution in [0.5, 0.6) is 5.75 Å². The molecule has 50 heavy (non-hydrogen) atoms. The molecule has 0 spiro atoms. The Labute approximate surface area is 309 Å². The normalized spacial score (nSPS) is 16.0. The second-order valence-corrected chi connectivity index (χ2v) is 28.8. The minimum Gasteiger partial charge on any atom is -0.543 e. The van der Waals surface area contributed by atoms with E-state index in [0.29, 0.717) is 43.0 Å². The number of carbonyl (C=O) groups excluding carboxylic acids is 1. The van der Waals surface area contributed by atoms with Crippen LogP contribution in [-0.2, 0) is 27.3 Å². The number of nitrogens with one attached hydrogen (secondary N) is 1. The Morgan fingerprint density at radius 3 is 2.22 bits per heavy atom. The van der Waals surface area contributed by atoms with Gasteiger partial charge in [0.2, 0.25) is 5.78 Å². The van der Waals surface area contributed by atoms with E-state index in [1.165, 1.54) is 3.97 Å². The maximum atomic E-state index is 14.4. The summed E-state index contributed by atoms with van der Waals surface area (Å²) in [4.78, 5) is 19.3. The number of ketones is 1. The number of hydrogen-bond donors (Lipinski definition) is 1. The fourth-order valence-electron chi connectivity index (χ4n) is 5.53. The molecule has 1 atom stereocenters. The van der Waals surface area contributed by atoms with Crippen molar-refractivity contribution in [2.75, 3.05) is 13.2 Å². The minimum absolute atomic E-state index is 0.00344. The van der Waals surface area contributed by atoms with Gasteiger partial charge in [-0.25, -0.2) is 12.4 Å². The topological polar surface area (TPSA) is 99.0 Å². The van der Waals surface area contributed by atoms with Crippen LogP contribution < -0.4 is 9.74 Å². The molecule has 3 aromatic rings. The van der Waals surface area contributed by atoms with E-state index in [4.69, 9.17) is 13.8 Å². The van der Waals surface area contributed by atoms with E-state index in [2.05, 4.69) is 101 Å². The van der Waals surface area contributed by atoms with Gasteiger partial charge in [0.15, 0.2) is 8.32 Å². The first-order valence-corrected chi connectivity index (χ1v) is 25.3. The Morgan fingerprint density at radius 1 is 0.980 bits per heavy atom. The molecule has 0 bridgehead atoms. The van der Waals surface area contributed by atoms with Crippen LogP contribution in [0.1, 0.15) is 74.3 Å². The number of allylic oxidation sites excluding steroid dienone is 2. The van der Waals surface area contributed by atoms with Gasteiger partial charge in [-0.05, 0) is 113 Å². The molecule has 1 aliphatic heterocycles. The highest BCUT2D eigenvalue weighted by molar-refractivity contribution is 9.10. The molecular weight excluding hydrogens is 747 g/mol. The summed E-state index contributed by atoms with van der Waals surface area (Å²) in [6.07, 6.45) is 4.51. The van der Waals surface area contributed by atoms with E-state index < -0.39 is 26.7 Å². The molecule has 0 radical (unpaired) electrons. The van der Waals surface area contributed by atoms with Crippen molar-refractivity contribution in [3.63, 3.8) is 0 Å². The number of benzene rings is 2. The van der Waals surface area contributed by atoms with Crippen LogP contribution in [0.2, 0.25) is 36.3 Å². The predicted molar refractivity (Wildman–Crippen MR) is 211 cm³/mol. The van der Waals surface area contributed by atoms with E-state index in [-0.39, 0.29) is 32.5 Å². The molecule has 2 aliphatic rings. The van der Waals surface area contributed by atoms with Crippen LogP contribution in [0.25, 0.3) is 0 Å². The Hall–Kier alpha value is -2.78. The second-order valence-electron chi connectivity index (χ2n) is 16.6. The van der Waals surface area contributed by atoms with Crippen molar-refractivity contribution in [3.8, 4) is 5.75 Å². The van der Waals surface area contributed by atoms with Gasteiger partial charge in [-0.3, -0.25) is 9.79 Å². The van der Waals surface area contributed by atoms with E-state index in [9.17, 15) is 13.2 Å². The van der Waals surface area contributed by atoms with Crippen LogP contribution >= 0.6 is 15.9 Å². The smallest absolute Gasteiger partial charge is 0.268 e. The molecule has 1 aliphatic carbocycles. The zero-order valence-electron chi connectivity index (χ0n) is 31.3. The van der Waals surface area contributed by atoms with Crippen LogP contribution in [0.15, 0.2) is 74.8 Å². The Bertz CT molecular complexity index is 1970. The van der Waals surface area contributed by atoms with E-state index in [1.54, 1.807) is 36.5 Å². The maximum absolute atomic E-state index is 14.4. The lowest BCUT2D eigenvalue weighted by atomic mass is 9.92. The summed E-state index contributed by atoms with van der Waals surface area (Å²) in [5, 5.41) is 3.57. The minimum atomic E-state index is -4.04. The number of aromatic nitrogens is 1. The van der Waals surface area contributed by atoms with Gasteiger partial charge in [0, 0.05) is 18.3 Å². The van der Waals surface area contributed by atoms with Gasteiger partial charge >= 0.3 is 0 Å². The van der Waals surface area contributed by atoms with Crippen LogP contribution in [0, 0.1) is 6.92 Å². The second kappa shape index (κ2) is 13.6. The number of nitrogens with zero attached hydrogens (tertiary/aromatic N) is 2. The highest BCUT2D eigenvalue weighted by Gasteiger charge is 2.41. The summed E-state index contributed by atoms with van der Waals surface area (Å²) in [7, 11) is -8.24. The third kappa shape index (κ3) is 7.69. The number of aryl methyl sites for hydroxylation is 1. The van der Waals surface area contributed by atoms with Gasteiger partial charge in [-0.15, -0.1) is 0 Å². The predicted octanol–water partition coefficient (Wildman–Crippen LogP) is 8.83. The summed E-state index contributed by atoms with van der Waals surface area (Å²) in [6, 6.07) is 12.6. The maximum Gasteiger partial charge on any atom is 0.268 e. The highest BCUT2D eigenvalue weighted by Crippen LogP contribution is 2.40. The van der Waals surface area contributed by atoms with Gasteiger partial charge in [-0.1, -0.05) is 65.3 Å². The van der Waals surface area contributed by atoms with Crippen molar-refractivity contribution < 1.29 is 22.1 Å².